The van der Waals surface area contributed by atoms with Crippen molar-refractivity contribution in [3.63, 3.8) is 0 Å². The molecule has 0 radical (unpaired) electrons. The molecule has 0 saturated carbocycles. The van der Waals surface area contributed by atoms with Gasteiger partial charge >= 0.3 is 0 Å². The van der Waals surface area contributed by atoms with Crippen LogP contribution >= 0.6 is 0 Å². The number of rotatable bonds is 6. The van der Waals surface area contributed by atoms with Crippen molar-refractivity contribution in [1.82, 2.24) is 15.0 Å². The minimum Gasteiger partial charge on any atom is -0.455 e. The molecule has 4 nitrogen and oxygen atoms in total. The van der Waals surface area contributed by atoms with E-state index in [1.54, 1.807) is 0 Å². The number of fused-ring (bicyclic) bond motifs is 6. The average Bonchev–Trinajstić information content (AvgIpc) is 3.67. The van der Waals surface area contributed by atoms with E-state index in [4.69, 9.17) is 19.4 Å². The van der Waals surface area contributed by atoms with Crippen LogP contribution in [-0.4, -0.2) is 15.0 Å². The molecule has 2 aromatic heterocycles. The van der Waals surface area contributed by atoms with Gasteiger partial charge in [0.15, 0.2) is 17.5 Å². The second-order valence-corrected chi connectivity index (χ2v) is 14.4. The monoisotopic (exact) mass is 727 g/mol. The molecule has 11 rings (SSSR count). The number of hydrogen-bond donors (Lipinski definition) is 0. The first-order valence-electron chi connectivity index (χ1n) is 19.2. The maximum absolute atomic E-state index is 6.74. The number of hydrogen-bond acceptors (Lipinski definition) is 4. The predicted octanol–water partition coefficient (Wildman–Crippen LogP) is 14.1. The highest BCUT2D eigenvalue weighted by Gasteiger charge is 2.19. The van der Waals surface area contributed by atoms with Gasteiger partial charge in [-0.25, -0.2) is 15.0 Å². The first-order chi connectivity index (χ1) is 28.2. The van der Waals surface area contributed by atoms with Crippen LogP contribution < -0.4 is 0 Å². The molecule has 2 heterocycles. The van der Waals surface area contributed by atoms with Crippen LogP contribution in [0.1, 0.15) is 0 Å². The molecule has 57 heavy (non-hydrogen) atoms. The summed E-state index contributed by atoms with van der Waals surface area (Å²) in [7, 11) is 0. The maximum Gasteiger partial charge on any atom is 0.164 e. The standard InChI is InChI=1S/C53H33N3O/c1-3-12-34(13-4-1)40-18-11-19-41(30-40)43-28-29-45-47-33-48(44-20-9-10-21-46(44)50(47)57-49(45)32-43)53-55-51(37-15-5-2-6-16-37)54-52(56-53)38-25-22-36(23-26-38)42-27-24-35-14-7-8-17-39(35)31-42/h1-33H. The van der Waals surface area contributed by atoms with E-state index in [1.165, 1.54) is 27.5 Å². The van der Waals surface area contributed by atoms with Crippen LogP contribution in [0.5, 0.6) is 0 Å². The lowest BCUT2D eigenvalue weighted by molar-refractivity contribution is 0.673. The summed E-state index contributed by atoms with van der Waals surface area (Å²) in [5.74, 6) is 1.85. The largest absolute Gasteiger partial charge is 0.455 e. The lowest BCUT2D eigenvalue weighted by Gasteiger charge is -2.11. The highest BCUT2D eigenvalue weighted by molar-refractivity contribution is 6.19. The van der Waals surface area contributed by atoms with E-state index in [1.807, 2.05) is 36.4 Å². The van der Waals surface area contributed by atoms with Crippen LogP contribution in [-0.2, 0) is 0 Å². The molecular formula is C53H33N3O. The van der Waals surface area contributed by atoms with Crippen LogP contribution in [0.3, 0.4) is 0 Å². The summed E-state index contributed by atoms with van der Waals surface area (Å²) < 4.78 is 6.74. The van der Waals surface area contributed by atoms with Crippen molar-refractivity contribution >= 4 is 43.5 Å². The Morgan fingerprint density at radius 1 is 0.281 bits per heavy atom. The molecule has 0 aliphatic heterocycles. The van der Waals surface area contributed by atoms with Gasteiger partial charge in [-0.15, -0.1) is 0 Å². The third-order valence-electron chi connectivity index (χ3n) is 10.9. The van der Waals surface area contributed by atoms with Crippen LogP contribution in [0.2, 0.25) is 0 Å². The normalized spacial score (nSPS) is 11.5. The molecule has 9 aromatic carbocycles. The molecule has 0 amide bonds. The zero-order valence-corrected chi connectivity index (χ0v) is 30.8. The van der Waals surface area contributed by atoms with Crippen molar-refractivity contribution in [3.05, 3.63) is 200 Å². The smallest absolute Gasteiger partial charge is 0.164 e. The summed E-state index contributed by atoms with van der Waals surface area (Å²) in [4.78, 5) is 15.4. The van der Waals surface area contributed by atoms with Crippen molar-refractivity contribution in [3.8, 4) is 67.5 Å². The van der Waals surface area contributed by atoms with E-state index in [0.29, 0.717) is 17.5 Å². The van der Waals surface area contributed by atoms with Gasteiger partial charge in [-0.1, -0.05) is 170 Å². The molecule has 0 N–H and O–H groups in total. The topological polar surface area (TPSA) is 51.8 Å². The third kappa shape index (κ3) is 5.92. The van der Waals surface area contributed by atoms with Crippen molar-refractivity contribution in [2.75, 3.05) is 0 Å². The fraction of sp³-hybridized carbons (Fsp3) is 0. The minimum atomic E-state index is 0.610. The third-order valence-corrected chi connectivity index (χ3v) is 10.9. The molecular weight excluding hydrogens is 695 g/mol. The Bertz CT molecular complexity index is 3280. The minimum absolute atomic E-state index is 0.610. The number of furan rings is 1. The van der Waals surface area contributed by atoms with Crippen LogP contribution in [0, 0.1) is 0 Å². The molecule has 0 unspecified atom stereocenters. The molecule has 0 saturated heterocycles. The molecule has 0 atom stereocenters. The summed E-state index contributed by atoms with van der Waals surface area (Å²) in [5.41, 5.74) is 11.4. The first-order valence-corrected chi connectivity index (χ1v) is 19.2. The Balaban J connectivity index is 1.04. The summed E-state index contributed by atoms with van der Waals surface area (Å²) >= 11 is 0. The SMILES string of the molecule is c1ccc(-c2cccc(-c3ccc4c(c3)oc3c5ccccc5c(-c5nc(-c6ccccc6)nc(-c6ccc(-c7ccc8ccccc8c7)cc6)n5)cc43)c2)cc1. The quantitative estimate of drug-likeness (QED) is 0.171. The summed E-state index contributed by atoms with van der Waals surface area (Å²) in [6, 6.07) is 69.9. The van der Waals surface area contributed by atoms with Gasteiger partial charge in [0, 0.05) is 32.8 Å². The molecule has 4 heteroatoms. The molecule has 0 spiro atoms. The van der Waals surface area contributed by atoms with Crippen molar-refractivity contribution in [2.24, 2.45) is 0 Å². The maximum atomic E-state index is 6.74. The van der Waals surface area contributed by atoms with E-state index in [9.17, 15) is 0 Å². The van der Waals surface area contributed by atoms with Gasteiger partial charge < -0.3 is 4.42 Å². The Hall–Kier alpha value is -7.69. The number of nitrogens with zero attached hydrogens (tertiary/aromatic N) is 3. The summed E-state index contributed by atoms with van der Waals surface area (Å²) in [5, 5.41) is 6.54. The molecule has 11 aromatic rings. The molecule has 0 bridgehead atoms. The second kappa shape index (κ2) is 13.6. The van der Waals surface area contributed by atoms with Gasteiger partial charge in [-0.3, -0.25) is 0 Å². The number of aromatic nitrogens is 3. The lowest BCUT2D eigenvalue weighted by Crippen LogP contribution is -2.00. The first kappa shape index (κ1) is 32.7. The van der Waals surface area contributed by atoms with E-state index >= 15 is 0 Å². The zero-order chi connectivity index (χ0) is 37.7. The highest BCUT2D eigenvalue weighted by Crippen LogP contribution is 2.41. The fourth-order valence-electron chi connectivity index (χ4n) is 7.99. The Kier molecular flexibility index (Phi) is 7.78. The van der Waals surface area contributed by atoms with E-state index < -0.39 is 0 Å². The summed E-state index contributed by atoms with van der Waals surface area (Å²) in [6.07, 6.45) is 0. The predicted molar refractivity (Wildman–Crippen MR) is 235 cm³/mol. The van der Waals surface area contributed by atoms with E-state index in [-0.39, 0.29) is 0 Å². The molecule has 266 valence electrons. The summed E-state index contributed by atoms with van der Waals surface area (Å²) in [6.45, 7) is 0. The molecule has 0 aliphatic rings. The molecule has 0 fully saturated rings. The second-order valence-electron chi connectivity index (χ2n) is 14.4. The van der Waals surface area contributed by atoms with Crippen molar-refractivity contribution in [2.45, 2.75) is 0 Å². The van der Waals surface area contributed by atoms with Gasteiger partial charge in [0.2, 0.25) is 0 Å². The van der Waals surface area contributed by atoms with Gasteiger partial charge in [0.25, 0.3) is 0 Å². The fourth-order valence-corrected chi connectivity index (χ4v) is 7.99. The van der Waals surface area contributed by atoms with E-state index in [2.05, 4.69) is 164 Å². The van der Waals surface area contributed by atoms with Crippen LogP contribution in [0.25, 0.3) is 111 Å². The van der Waals surface area contributed by atoms with Gasteiger partial charge in [-0.05, 0) is 79.9 Å². The van der Waals surface area contributed by atoms with Gasteiger partial charge in [0.1, 0.15) is 11.2 Å². The van der Waals surface area contributed by atoms with Gasteiger partial charge in [-0.2, -0.15) is 0 Å². The van der Waals surface area contributed by atoms with Crippen LogP contribution in [0.15, 0.2) is 205 Å². The Labute approximate surface area is 329 Å². The number of benzene rings is 9. The van der Waals surface area contributed by atoms with E-state index in [0.717, 1.165) is 66.1 Å². The van der Waals surface area contributed by atoms with Crippen molar-refractivity contribution < 1.29 is 4.42 Å². The van der Waals surface area contributed by atoms with Crippen LogP contribution in [0.4, 0.5) is 0 Å². The zero-order valence-electron chi connectivity index (χ0n) is 30.8. The lowest BCUT2D eigenvalue weighted by atomic mass is 9.97. The van der Waals surface area contributed by atoms with Crippen molar-refractivity contribution in [1.29, 1.82) is 0 Å². The Morgan fingerprint density at radius 3 is 1.56 bits per heavy atom. The molecule has 0 aliphatic carbocycles. The van der Waals surface area contributed by atoms with Gasteiger partial charge in [0.05, 0.1) is 0 Å². The Morgan fingerprint density at radius 2 is 0.789 bits per heavy atom. The average molecular weight is 728 g/mol. The highest BCUT2D eigenvalue weighted by atomic mass is 16.3.